The molecule has 0 atom stereocenters. The van der Waals surface area contributed by atoms with Crippen LogP contribution in [0.5, 0.6) is 5.75 Å². The molecule has 0 aliphatic heterocycles. The first kappa shape index (κ1) is 14.7. The second-order valence-electron chi connectivity index (χ2n) is 5.08. The molecular formula is C17H20ClNO. The Morgan fingerprint density at radius 2 is 1.90 bits per heavy atom. The minimum atomic E-state index is 0.188. The van der Waals surface area contributed by atoms with Crippen molar-refractivity contribution in [3.63, 3.8) is 0 Å². The Morgan fingerprint density at radius 1 is 1.15 bits per heavy atom. The maximum atomic E-state index is 6.12. The molecule has 0 saturated carbocycles. The van der Waals surface area contributed by atoms with E-state index in [-0.39, 0.29) is 6.10 Å². The second-order valence-corrected chi connectivity index (χ2v) is 5.49. The van der Waals surface area contributed by atoms with Crippen LogP contribution in [0.4, 0.5) is 5.69 Å². The Morgan fingerprint density at radius 3 is 2.65 bits per heavy atom. The summed E-state index contributed by atoms with van der Waals surface area (Å²) < 4.78 is 5.70. The summed E-state index contributed by atoms with van der Waals surface area (Å²) in [5.41, 5.74) is 3.32. The van der Waals surface area contributed by atoms with Crippen molar-refractivity contribution in [2.45, 2.75) is 33.4 Å². The number of nitrogens with one attached hydrogen (secondary N) is 1. The maximum Gasteiger partial charge on any atom is 0.120 e. The van der Waals surface area contributed by atoms with Gasteiger partial charge in [0, 0.05) is 17.3 Å². The normalized spacial score (nSPS) is 10.7. The highest BCUT2D eigenvalue weighted by molar-refractivity contribution is 6.31. The molecule has 0 aliphatic rings. The first-order valence-corrected chi connectivity index (χ1v) is 7.18. The third kappa shape index (κ3) is 3.91. The summed E-state index contributed by atoms with van der Waals surface area (Å²) in [7, 11) is 0. The number of halogens is 1. The van der Waals surface area contributed by atoms with E-state index in [1.54, 1.807) is 0 Å². The standard InChI is InChI=1S/C17H20ClNO/c1-12(2)20-15-7-4-6-14(10-15)11-19-17-9-5-8-16(18)13(17)3/h4-10,12,19H,11H2,1-3H3. The lowest BCUT2D eigenvalue weighted by molar-refractivity contribution is 0.242. The van der Waals surface area contributed by atoms with Crippen molar-refractivity contribution < 1.29 is 4.74 Å². The number of rotatable bonds is 5. The fourth-order valence-corrected chi connectivity index (χ4v) is 2.17. The summed E-state index contributed by atoms with van der Waals surface area (Å²) in [5.74, 6) is 0.905. The van der Waals surface area contributed by atoms with Crippen LogP contribution in [-0.4, -0.2) is 6.10 Å². The zero-order valence-corrected chi connectivity index (χ0v) is 12.9. The third-order valence-corrected chi connectivity index (χ3v) is 3.43. The molecule has 0 aromatic heterocycles. The van der Waals surface area contributed by atoms with E-state index in [0.29, 0.717) is 0 Å². The highest BCUT2D eigenvalue weighted by atomic mass is 35.5. The molecule has 0 amide bonds. The predicted molar refractivity (Wildman–Crippen MR) is 85.7 cm³/mol. The second kappa shape index (κ2) is 6.67. The Hall–Kier alpha value is -1.67. The van der Waals surface area contributed by atoms with Crippen molar-refractivity contribution in [1.82, 2.24) is 0 Å². The summed E-state index contributed by atoms with van der Waals surface area (Å²) >= 11 is 6.12. The SMILES string of the molecule is Cc1c(Cl)cccc1NCc1cccc(OC(C)C)c1. The van der Waals surface area contributed by atoms with Crippen LogP contribution in [-0.2, 0) is 6.54 Å². The van der Waals surface area contributed by atoms with Crippen molar-refractivity contribution in [2.75, 3.05) is 5.32 Å². The van der Waals surface area contributed by atoms with Crippen LogP contribution in [0.2, 0.25) is 5.02 Å². The molecule has 0 radical (unpaired) electrons. The lowest BCUT2D eigenvalue weighted by Gasteiger charge is -2.13. The summed E-state index contributed by atoms with van der Waals surface area (Å²) in [4.78, 5) is 0. The first-order chi connectivity index (χ1) is 9.56. The fraction of sp³-hybridized carbons (Fsp3) is 0.294. The number of ether oxygens (including phenoxy) is 1. The Balaban J connectivity index is 2.05. The predicted octanol–water partition coefficient (Wildman–Crippen LogP) is 5.05. The van der Waals surface area contributed by atoms with Gasteiger partial charge in [-0.05, 0) is 56.2 Å². The molecule has 2 nitrogen and oxygen atoms in total. The summed E-state index contributed by atoms with van der Waals surface area (Å²) in [6.07, 6.45) is 0.188. The summed E-state index contributed by atoms with van der Waals surface area (Å²) in [6.45, 7) is 6.82. The molecule has 2 aromatic rings. The fourth-order valence-electron chi connectivity index (χ4n) is 2.00. The van der Waals surface area contributed by atoms with Crippen molar-refractivity contribution in [1.29, 1.82) is 0 Å². The van der Waals surface area contributed by atoms with Gasteiger partial charge in [-0.15, -0.1) is 0 Å². The quantitative estimate of drug-likeness (QED) is 0.832. The molecule has 0 spiro atoms. The minimum absolute atomic E-state index is 0.188. The van der Waals surface area contributed by atoms with Gasteiger partial charge in [0.25, 0.3) is 0 Å². The average Bonchev–Trinajstić information content (AvgIpc) is 2.40. The van der Waals surface area contributed by atoms with Gasteiger partial charge in [-0.3, -0.25) is 0 Å². The smallest absolute Gasteiger partial charge is 0.120 e. The zero-order chi connectivity index (χ0) is 14.5. The molecule has 2 rings (SSSR count). The molecule has 1 N–H and O–H groups in total. The monoisotopic (exact) mass is 289 g/mol. The molecule has 0 aliphatic carbocycles. The van der Waals surface area contributed by atoms with E-state index in [9.17, 15) is 0 Å². The minimum Gasteiger partial charge on any atom is -0.491 e. The molecule has 0 fully saturated rings. The molecule has 0 saturated heterocycles. The van der Waals surface area contributed by atoms with Crippen molar-refractivity contribution >= 4 is 17.3 Å². The van der Waals surface area contributed by atoms with Gasteiger partial charge in [0.1, 0.15) is 5.75 Å². The van der Waals surface area contributed by atoms with Gasteiger partial charge in [0.05, 0.1) is 6.10 Å². The van der Waals surface area contributed by atoms with Crippen LogP contribution in [0.15, 0.2) is 42.5 Å². The molecule has 0 unspecified atom stereocenters. The van der Waals surface area contributed by atoms with Crippen LogP contribution in [0.25, 0.3) is 0 Å². The van der Waals surface area contributed by atoms with Gasteiger partial charge >= 0.3 is 0 Å². The molecule has 2 aromatic carbocycles. The summed E-state index contributed by atoms with van der Waals surface area (Å²) in [5, 5.41) is 4.19. The molecule has 106 valence electrons. The van der Waals surface area contributed by atoms with Gasteiger partial charge in [-0.1, -0.05) is 29.8 Å². The van der Waals surface area contributed by atoms with Crippen molar-refractivity contribution in [2.24, 2.45) is 0 Å². The topological polar surface area (TPSA) is 21.3 Å². The number of hydrogen-bond donors (Lipinski definition) is 1. The molecule has 20 heavy (non-hydrogen) atoms. The van der Waals surface area contributed by atoms with E-state index in [0.717, 1.165) is 28.6 Å². The Kier molecular flexibility index (Phi) is 4.91. The van der Waals surface area contributed by atoms with Crippen LogP contribution >= 0.6 is 11.6 Å². The van der Waals surface area contributed by atoms with E-state index in [2.05, 4.69) is 17.4 Å². The van der Waals surface area contributed by atoms with Crippen molar-refractivity contribution in [3.05, 3.63) is 58.6 Å². The molecule has 0 bridgehead atoms. The van der Waals surface area contributed by atoms with Gasteiger partial charge < -0.3 is 10.1 Å². The van der Waals surface area contributed by atoms with E-state index in [1.807, 2.05) is 51.1 Å². The van der Waals surface area contributed by atoms with Gasteiger partial charge in [-0.25, -0.2) is 0 Å². The third-order valence-electron chi connectivity index (χ3n) is 3.02. The van der Waals surface area contributed by atoms with E-state index in [1.165, 1.54) is 5.56 Å². The van der Waals surface area contributed by atoms with Crippen molar-refractivity contribution in [3.8, 4) is 5.75 Å². The Labute approximate surface area is 125 Å². The lowest BCUT2D eigenvalue weighted by atomic mass is 10.1. The lowest BCUT2D eigenvalue weighted by Crippen LogP contribution is -2.06. The largest absolute Gasteiger partial charge is 0.491 e. The van der Waals surface area contributed by atoms with E-state index >= 15 is 0 Å². The number of hydrogen-bond acceptors (Lipinski definition) is 2. The highest BCUT2D eigenvalue weighted by Gasteiger charge is 2.03. The van der Waals surface area contributed by atoms with Gasteiger partial charge in [-0.2, -0.15) is 0 Å². The molecule has 3 heteroatoms. The number of anilines is 1. The molecular weight excluding hydrogens is 270 g/mol. The molecule has 0 heterocycles. The van der Waals surface area contributed by atoms with Gasteiger partial charge in [0.2, 0.25) is 0 Å². The van der Waals surface area contributed by atoms with E-state index in [4.69, 9.17) is 16.3 Å². The average molecular weight is 290 g/mol. The zero-order valence-electron chi connectivity index (χ0n) is 12.1. The van der Waals surface area contributed by atoms with Crippen LogP contribution < -0.4 is 10.1 Å². The van der Waals surface area contributed by atoms with E-state index < -0.39 is 0 Å². The van der Waals surface area contributed by atoms with Gasteiger partial charge in [0.15, 0.2) is 0 Å². The van der Waals surface area contributed by atoms with Crippen LogP contribution in [0, 0.1) is 6.92 Å². The van der Waals surface area contributed by atoms with Crippen LogP contribution in [0.3, 0.4) is 0 Å². The Bertz CT molecular complexity index is 581. The highest BCUT2D eigenvalue weighted by Crippen LogP contribution is 2.24. The number of benzene rings is 2. The maximum absolute atomic E-state index is 6.12. The van der Waals surface area contributed by atoms with Crippen LogP contribution in [0.1, 0.15) is 25.0 Å². The summed E-state index contributed by atoms with van der Waals surface area (Å²) in [6, 6.07) is 14.0. The first-order valence-electron chi connectivity index (χ1n) is 6.81.